The summed E-state index contributed by atoms with van der Waals surface area (Å²) < 4.78 is 4.57. The van der Waals surface area contributed by atoms with Crippen LogP contribution in [0.25, 0.3) is 0 Å². The van der Waals surface area contributed by atoms with Crippen molar-refractivity contribution < 1.29 is 19.4 Å². The van der Waals surface area contributed by atoms with Gasteiger partial charge in [0.25, 0.3) is 5.91 Å². The number of carbonyl (C=O) groups is 2. The van der Waals surface area contributed by atoms with Gasteiger partial charge in [0.15, 0.2) is 6.04 Å². The van der Waals surface area contributed by atoms with Crippen molar-refractivity contribution in [3.05, 3.63) is 71.3 Å². The molecule has 1 amide bonds. The minimum atomic E-state index is -1.13. The van der Waals surface area contributed by atoms with Gasteiger partial charge in [0.05, 0.1) is 13.2 Å². The Morgan fingerprint density at radius 1 is 0.963 bits per heavy atom. The molecule has 0 fully saturated rings. The summed E-state index contributed by atoms with van der Waals surface area (Å²) in [6.45, 7) is 1.40. The molecule has 5 nitrogen and oxygen atoms in total. The van der Waals surface area contributed by atoms with Crippen LogP contribution < -0.4 is 5.32 Å². The topological polar surface area (TPSA) is 75.6 Å². The number of nitrogens with one attached hydrogen (secondary N) is 1. The van der Waals surface area contributed by atoms with Gasteiger partial charge in [-0.1, -0.05) is 30.0 Å². The fourth-order valence-electron chi connectivity index (χ4n) is 2.16. The molecular formula is C22H19NO4. The second-order valence-electron chi connectivity index (χ2n) is 5.66. The summed E-state index contributed by atoms with van der Waals surface area (Å²) in [6.07, 6.45) is -1.07. The van der Waals surface area contributed by atoms with Gasteiger partial charge in [0.1, 0.15) is 0 Å². The highest BCUT2D eigenvalue weighted by atomic mass is 16.5. The highest BCUT2D eigenvalue weighted by Gasteiger charge is 2.26. The lowest BCUT2D eigenvalue weighted by Crippen LogP contribution is -2.48. The Morgan fingerprint density at radius 3 is 2.04 bits per heavy atom. The van der Waals surface area contributed by atoms with Crippen LogP contribution in [0.3, 0.4) is 0 Å². The predicted molar refractivity (Wildman–Crippen MR) is 102 cm³/mol. The first-order valence-electron chi connectivity index (χ1n) is 8.25. The molecule has 0 bridgehead atoms. The van der Waals surface area contributed by atoms with Crippen LogP contribution in [0.4, 0.5) is 0 Å². The Hall–Kier alpha value is -3.54. The number of benzene rings is 2. The Bertz CT molecular complexity index is 910. The zero-order valence-electron chi connectivity index (χ0n) is 15.0. The number of amides is 1. The van der Waals surface area contributed by atoms with Crippen molar-refractivity contribution in [2.75, 3.05) is 7.11 Å². The summed E-state index contributed by atoms with van der Waals surface area (Å²) in [5, 5.41) is 12.1. The van der Waals surface area contributed by atoms with Crippen LogP contribution in [0.15, 0.2) is 54.6 Å². The zero-order valence-corrected chi connectivity index (χ0v) is 15.0. The van der Waals surface area contributed by atoms with Crippen molar-refractivity contribution in [3.8, 4) is 23.7 Å². The number of rotatable bonds is 4. The highest BCUT2D eigenvalue weighted by Crippen LogP contribution is 2.05. The summed E-state index contributed by atoms with van der Waals surface area (Å²) in [7, 11) is 1.19. The van der Waals surface area contributed by atoms with Gasteiger partial charge in [-0.25, -0.2) is 4.79 Å². The van der Waals surface area contributed by atoms with Crippen molar-refractivity contribution >= 4 is 11.9 Å². The molecule has 0 aromatic heterocycles. The van der Waals surface area contributed by atoms with Crippen LogP contribution in [-0.4, -0.2) is 36.2 Å². The number of carbonyl (C=O) groups excluding carboxylic acids is 2. The van der Waals surface area contributed by atoms with Gasteiger partial charge in [-0.3, -0.25) is 4.79 Å². The van der Waals surface area contributed by atoms with Crippen LogP contribution in [0, 0.1) is 23.7 Å². The molecule has 0 saturated heterocycles. The van der Waals surface area contributed by atoms with Gasteiger partial charge in [0, 0.05) is 16.7 Å². The molecule has 2 aromatic rings. The van der Waals surface area contributed by atoms with E-state index in [1.807, 2.05) is 30.3 Å². The van der Waals surface area contributed by atoms with Crippen molar-refractivity contribution in [2.24, 2.45) is 0 Å². The Kier molecular flexibility index (Phi) is 7.19. The molecule has 0 aliphatic carbocycles. The first-order valence-corrected chi connectivity index (χ1v) is 8.25. The summed E-state index contributed by atoms with van der Waals surface area (Å²) in [5.74, 6) is 10.2. The molecule has 0 spiro atoms. The van der Waals surface area contributed by atoms with Gasteiger partial charge in [-0.15, -0.1) is 0 Å². The third-order valence-corrected chi connectivity index (χ3v) is 3.62. The second-order valence-corrected chi connectivity index (χ2v) is 5.66. The number of hydrogen-bond acceptors (Lipinski definition) is 4. The fourth-order valence-corrected chi connectivity index (χ4v) is 2.16. The summed E-state index contributed by atoms with van der Waals surface area (Å²) in [5.41, 5.74) is 1.93. The molecule has 2 aromatic carbocycles. The number of esters is 1. The number of methoxy groups -OCH3 is 1. The number of aliphatic hydroxyl groups excluding tert-OH is 1. The van der Waals surface area contributed by atoms with Crippen molar-refractivity contribution in [3.63, 3.8) is 0 Å². The summed E-state index contributed by atoms with van der Waals surface area (Å²) in [4.78, 5) is 23.8. The maximum Gasteiger partial charge on any atom is 0.331 e. The Labute approximate surface area is 158 Å². The van der Waals surface area contributed by atoms with Crippen LogP contribution in [0.5, 0.6) is 0 Å². The van der Waals surface area contributed by atoms with E-state index in [9.17, 15) is 14.7 Å². The first-order chi connectivity index (χ1) is 13.0. The van der Waals surface area contributed by atoms with Crippen LogP contribution in [0.1, 0.15) is 28.4 Å². The van der Waals surface area contributed by atoms with Crippen molar-refractivity contribution in [1.82, 2.24) is 5.32 Å². The maximum absolute atomic E-state index is 12.2. The van der Waals surface area contributed by atoms with Gasteiger partial charge >= 0.3 is 5.97 Å². The third kappa shape index (κ3) is 6.04. The van der Waals surface area contributed by atoms with E-state index in [1.165, 1.54) is 14.0 Å². The lowest BCUT2D eigenvalue weighted by Gasteiger charge is -2.18. The number of aliphatic hydroxyl groups is 1. The minimum Gasteiger partial charge on any atom is -0.467 e. The van der Waals surface area contributed by atoms with Gasteiger partial charge < -0.3 is 15.2 Å². The molecule has 27 heavy (non-hydrogen) atoms. The van der Waals surface area contributed by atoms with Gasteiger partial charge in [0.2, 0.25) is 0 Å². The molecule has 0 radical (unpaired) electrons. The van der Waals surface area contributed by atoms with E-state index in [0.29, 0.717) is 11.1 Å². The van der Waals surface area contributed by atoms with E-state index in [1.54, 1.807) is 24.3 Å². The maximum atomic E-state index is 12.2. The quantitative estimate of drug-likeness (QED) is 0.643. The average Bonchev–Trinajstić information content (AvgIpc) is 2.69. The minimum absolute atomic E-state index is 0.338. The molecule has 1 unspecified atom stereocenters. The third-order valence-electron chi connectivity index (χ3n) is 3.62. The molecule has 0 aliphatic heterocycles. The largest absolute Gasteiger partial charge is 0.467 e. The summed E-state index contributed by atoms with van der Waals surface area (Å²) in [6, 6.07) is 14.9. The van der Waals surface area contributed by atoms with E-state index in [4.69, 9.17) is 0 Å². The predicted octanol–water partition coefficient (Wildman–Crippen LogP) is 1.74. The molecule has 0 heterocycles. The van der Waals surface area contributed by atoms with Gasteiger partial charge in [-0.2, -0.15) is 0 Å². The van der Waals surface area contributed by atoms with Crippen LogP contribution >= 0.6 is 0 Å². The zero-order chi connectivity index (χ0) is 19.6. The first kappa shape index (κ1) is 19.8. The van der Waals surface area contributed by atoms with E-state index in [-0.39, 0.29) is 0 Å². The highest BCUT2D eigenvalue weighted by molar-refractivity contribution is 5.97. The normalized spacial score (nSPS) is 11.7. The second kappa shape index (κ2) is 9.82. The SMILES string of the molecule is COC(=O)C(NC(=O)c1ccc(C#CC#Cc2ccccc2)cc1)[C@@H](C)O. The Morgan fingerprint density at radius 2 is 1.52 bits per heavy atom. The lowest BCUT2D eigenvalue weighted by atomic mass is 10.1. The fraction of sp³-hybridized carbons (Fsp3) is 0.182. The molecule has 0 aliphatic rings. The van der Waals surface area contributed by atoms with Gasteiger partial charge in [-0.05, 0) is 55.2 Å². The van der Waals surface area contributed by atoms with E-state index in [2.05, 4.69) is 33.7 Å². The standard InChI is InChI=1S/C22H19NO4/c1-16(24)20(22(26)27-2)23-21(25)19-14-12-18(13-15-19)11-7-6-10-17-8-4-3-5-9-17/h3-5,8-9,12-16,20,24H,1-2H3,(H,23,25)/t16-,20?/m1/s1. The van der Waals surface area contributed by atoms with E-state index < -0.39 is 24.0 Å². The van der Waals surface area contributed by atoms with E-state index in [0.717, 1.165) is 5.56 Å². The van der Waals surface area contributed by atoms with Crippen molar-refractivity contribution in [2.45, 2.75) is 19.1 Å². The van der Waals surface area contributed by atoms with Crippen LogP contribution in [-0.2, 0) is 9.53 Å². The number of hydrogen-bond donors (Lipinski definition) is 2. The monoisotopic (exact) mass is 361 g/mol. The molecule has 2 rings (SSSR count). The molecule has 2 N–H and O–H groups in total. The molecule has 136 valence electrons. The molecular weight excluding hydrogens is 342 g/mol. The average molecular weight is 361 g/mol. The molecule has 2 atom stereocenters. The lowest BCUT2D eigenvalue weighted by molar-refractivity contribution is -0.145. The van der Waals surface area contributed by atoms with E-state index >= 15 is 0 Å². The molecule has 0 saturated carbocycles. The van der Waals surface area contributed by atoms with Crippen LogP contribution in [0.2, 0.25) is 0 Å². The van der Waals surface area contributed by atoms with Crippen molar-refractivity contribution in [1.29, 1.82) is 0 Å². The number of ether oxygens (including phenoxy) is 1. The smallest absolute Gasteiger partial charge is 0.331 e. The Balaban J connectivity index is 2.03. The molecule has 5 heteroatoms. The summed E-state index contributed by atoms with van der Waals surface area (Å²) >= 11 is 0.